The predicted octanol–water partition coefficient (Wildman–Crippen LogP) is 2.61. The third-order valence-electron chi connectivity index (χ3n) is 4.34. The monoisotopic (exact) mass is 409 g/mol. The van der Waals surface area contributed by atoms with Crippen LogP contribution in [0.25, 0.3) is 23.2 Å². The van der Waals surface area contributed by atoms with Gasteiger partial charge in [-0.1, -0.05) is 36.4 Å². The molecule has 148 valence electrons. The summed E-state index contributed by atoms with van der Waals surface area (Å²) < 4.78 is 6.77. The number of esters is 1. The van der Waals surface area contributed by atoms with Gasteiger partial charge in [-0.15, -0.1) is 16.4 Å². The van der Waals surface area contributed by atoms with Crippen molar-refractivity contribution in [3.8, 4) is 11.4 Å². The molecule has 0 unspecified atom stereocenters. The molecule has 2 heterocycles. The molecule has 4 rings (SSSR count). The van der Waals surface area contributed by atoms with Gasteiger partial charge in [0, 0.05) is 16.5 Å². The Kier molecular flexibility index (Phi) is 5.48. The quantitative estimate of drug-likeness (QED) is 0.476. The largest absolute Gasteiger partial charge is 0.448 e. The van der Waals surface area contributed by atoms with Gasteiger partial charge < -0.3 is 10.1 Å². The van der Waals surface area contributed by atoms with Crippen molar-refractivity contribution in [3.05, 3.63) is 52.7 Å². The third-order valence-corrected chi connectivity index (χ3v) is 5.16. The van der Waals surface area contributed by atoms with Crippen LogP contribution in [0.3, 0.4) is 0 Å². The normalized spacial score (nSPS) is 15.0. The van der Waals surface area contributed by atoms with Gasteiger partial charge in [0.2, 0.25) is 0 Å². The molecule has 1 N–H and O–H groups in total. The second-order valence-corrected chi connectivity index (χ2v) is 7.63. The van der Waals surface area contributed by atoms with Gasteiger partial charge in [0.15, 0.2) is 17.6 Å². The van der Waals surface area contributed by atoms with Gasteiger partial charge in [-0.3, -0.25) is 4.79 Å². The van der Waals surface area contributed by atoms with Gasteiger partial charge in [0.1, 0.15) is 0 Å². The lowest BCUT2D eigenvalue weighted by Crippen LogP contribution is -2.37. The molecule has 0 radical (unpaired) electrons. The molecule has 0 spiro atoms. The highest BCUT2D eigenvalue weighted by Gasteiger charge is 2.29. The van der Waals surface area contributed by atoms with Crippen molar-refractivity contribution in [2.24, 2.45) is 0 Å². The Labute approximate surface area is 171 Å². The Morgan fingerprint density at radius 1 is 1.24 bits per heavy atom. The molecule has 1 fully saturated rings. The Bertz CT molecular complexity index is 1030. The van der Waals surface area contributed by atoms with E-state index in [9.17, 15) is 9.59 Å². The summed E-state index contributed by atoms with van der Waals surface area (Å²) in [5.41, 5.74) is 0.879. The lowest BCUT2D eigenvalue weighted by atomic mass is 10.2. The van der Waals surface area contributed by atoms with Crippen LogP contribution < -0.4 is 5.32 Å². The lowest BCUT2D eigenvalue weighted by molar-refractivity contribution is -0.149. The Morgan fingerprint density at radius 3 is 2.72 bits per heavy atom. The standard InChI is InChI=1S/C20H19N5O3S/c1-13(19(26)21-15-9-10-15)28-20(27)17(12-16-8-5-11-29-16)25-18(22-23-24-25)14-6-3-2-4-7-14/h2-8,11-13,15H,9-10H2,1H3,(H,21,26)/b17-12-/t13-/m1/s1. The highest BCUT2D eigenvalue weighted by molar-refractivity contribution is 7.10. The number of hydrogen-bond acceptors (Lipinski definition) is 7. The average Bonchev–Trinajstić information content (AvgIpc) is 3.19. The van der Waals surface area contributed by atoms with Crippen LogP contribution in [-0.2, 0) is 14.3 Å². The van der Waals surface area contributed by atoms with Crippen molar-refractivity contribution < 1.29 is 14.3 Å². The van der Waals surface area contributed by atoms with E-state index < -0.39 is 12.1 Å². The van der Waals surface area contributed by atoms with E-state index in [0.29, 0.717) is 5.82 Å². The second-order valence-electron chi connectivity index (χ2n) is 6.66. The number of nitrogens with one attached hydrogen (secondary N) is 1. The van der Waals surface area contributed by atoms with E-state index in [1.165, 1.54) is 16.0 Å². The maximum Gasteiger partial charge on any atom is 0.357 e. The van der Waals surface area contributed by atoms with Gasteiger partial charge in [-0.2, -0.15) is 4.68 Å². The fourth-order valence-corrected chi connectivity index (χ4v) is 3.30. The molecule has 1 saturated carbocycles. The van der Waals surface area contributed by atoms with E-state index >= 15 is 0 Å². The summed E-state index contributed by atoms with van der Waals surface area (Å²) in [5, 5.41) is 16.5. The van der Waals surface area contributed by atoms with E-state index in [1.807, 2.05) is 47.8 Å². The first-order chi connectivity index (χ1) is 14.1. The second kappa shape index (κ2) is 8.36. The minimum Gasteiger partial charge on any atom is -0.448 e. The summed E-state index contributed by atoms with van der Waals surface area (Å²) >= 11 is 1.46. The Balaban J connectivity index is 1.64. The summed E-state index contributed by atoms with van der Waals surface area (Å²) in [6, 6.07) is 13.2. The predicted molar refractivity (Wildman–Crippen MR) is 108 cm³/mol. The molecular weight excluding hydrogens is 390 g/mol. The first kappa shape index (κ1) is 19.0. The number of thiophene rings is 1. The number of tetrazole rings is 1. The molecule has 8 nitrogen and oxygen atoms in total. The number of carbonyl (C=O) groups is 2. The molecule has 2 aromatic heterocycles. The Morgan fingerprint density at radius 2 is 2.03 bits per heavy atom. The molecule has 1 aliphatic carbocycles. The summed E-state index contributed by atoms with van der Waals surface area (Å²) in [4.78, 5) is 26.0. The van der Waals surface area contributed by atoms with Gasteiger partial charge in [0.05, 0.1) is 0 Å². The van der Waals surface area contributed by atoms with Crippen molar-refractivity contribution >= 4 is 35.0 Å². The first-order valence-corrected chi connectivity index (χ1v) is 10.1. The van der Waals surface area contributed by atoms with Crippen LogP contribution in [0.15, 0.2) is 47.8 Å². The topological polar surface area (TPSA) is 99.0 Å². The highest BCUT2D eigenvalue weighted by atomic mass is 32.1. The van der Waals surface area contributed by atoms with Crippen LogP contribution in [0, 0.1) is 0 Å². The van der Waals surface area contributed by atoms with Gasteiger partial charge >= 0.3 is 5.97 Å². The molecule has 1 atom stereocenters. The first-order valence-electron chi connectivity index (χ1n) is 9.22. The van der Waals surface area contributed by atoms with Crippen molar-refractivity contribution in [3.63, 3.8) is 0 Å². The highest BCUT2D eigenvalue weighted by Crippen LogP contribution is 2.23. The number of ether oxygens (including phenoxy) is 1. The van der Waals surface area contributed by atoms with E-state index in [0.717, 1.165) is 23.3 Å². The number of rotatable bonds is 7. The van der Waals surface area contributed by atoms with Gasteiger partial charge in [0.25, 0.3) is 5.91 Å². The van der Waals surface area contributed by atoms with Crippen molar-refractivity contribution in [2.45, 2.75) is 31.9 Å². The van der Waals surface area contributed by atoms with Crippen LogP contribution in [0.5, 0.6) is 0 Å². The van der Waals surface area contributed by atoms with Crippen LogP contribution in [-0.4, -0.2) is 44.2 Å². The minimum absolute atomic E-state index is 0.127. The van der Waals surface area contributed by atoms with Crippen molar-refractivity contribution in [1.82, 2.24) is 25.5 Å². The summed E-state index contributed by atoms with van der Waals surface area (Å²) in [5.74, 6) is -0.585. The fourth-order valence-electron chi connectivity index (χ4n) is 2.65. The zero-order valence-electron chi connectivity index (χ0n) is 15.7. The number of carbonyl (C=O) groups excluding carboxylic acids is 2. The number of nitrogens with zero attached hydrogens (tertiary/aromatic N) is 4. The zero-order valence-corrected chi connectivity index (χ0v) is 16.5. The average molecular weight is 409 g/mol. The van der Waals surface area contributed by atoms with Crippen LogP contribution in [0.2, 0.25) is 0 Å². The van der Waals surface area contributed by atoms with Gasteiger partial charge in [-0.25, -0.2) is 4.79 Å². The minimum atomic E-state index is -0.925. The third kappa shape index (κ3) is 4.57. The van der Waals surface area contributed by atoms with Crippen molar-refractivity contribution in [2.75, 3.05) is 0 Å². The summed E-state index contributed by atoms with van der Waals surface area (Å²) in [6.45, 7) is 1.55. The molecule has 1 aliphatic rings. The van der Waals surface area contributed by atoms with E-state index in [4.69, 9.17) is 4.74 Å². The molecule has 9 heteroatoms. The van der Waals surface area contributed by atoms with E-state index in [2.05, 4.69) is 20.8 Å². The SMILES string of the molecule is C[C@@H](OC(=O)/C(=C/c1cccs1)n1nnnc1-c1ccccc1)C(=O)NC1CC1. The zero-order chi connectivity index (χ0) is 20.2. The summed E-state index contributed by atoms with van der Waals surface area (Å²) in [6.07, 6.45) is 2.65. The molecular formula is C20H19N5O3S. The molecule has 3 aromatic rings. The smallest absolute Gasteiger partial charge is 0.357 e. The van der Waals surface area contributed by atoms with Crippen LogP contribution >= 0.6 is 11.3 Å². The van der Waals surface area contributed by atoms with E-state index in [1.54, 1.807) is 13.0 Å². The van der Waals surface area contributed by atoms with Crippen LogP contribution in [0.4, 0.5) is 0 Å². The fraction of sp³-hybridized carbons (Fsp3) is 0.250. The maximum absolute atomic E-state index is 13.0. The Hall–Kier alpha value is -3.33. The molecule has 0 bridgehead atoms. The maximum atomic E-state index is 13.0. The van der Waals surface area contributed by atoms with Crippen molar-refractivity contribution in [1.29, 1.82) is 0 Å². The summed E-state index contributed by atoms with van der Waals surface area (Å²) in [7, 11) is 0. The van der Waals surface area contributed by atoms with Crippen LogP contribution in [0.1, 0.15) is 24.6 Å². The molecule has 1 amide bonds. The number of benzene rings is 1. The lowest BCUT2D eigenvalue weighted by Gasteiger charge is -2.15. The molecule has 29 heavy (non-hydrogen) atoms. The van der Waals surface area contributed by atoms with E-state index in [-0.39, 0.29) is 17.6 Å². The molecule has 1 aromatic carbocycles. The number of amides is 1. The molecule has 0 aliphatic heterocycles. The number of hydrogen-bond donors (Lipinski definition) is 1. The molecule has 0 saturated heterocycles. The number of aromatic nitrogens is 4. The van der Waals surface area contributed by atoms with Gasteiger partial charge in [-0.05, 0) is 47.7 Å².